The predicted octanol–water partition coefficient (Wildman–Crippen LogP) is 2.46. The van der Waals surface area contributed by atoms with Crippen LogP contribution in [0.5, 0.6) is 0 Å². The fourth-order valence-electron chi connectivity index (χ4n) is 2.74. The third-order valence-electron chi connectivity index (χ3n) is 3.99. The molecule has 22 heavy (non-hydrogen) atoms. The van der Waals surface area contributed by atoms with Crippen LogP contribution in [0.2, 0.25) is 0 Å². The lowest BCUT2D eigenvalue weighted by Crippen LogP contribution is -2.31. The molecule has 122 valence electrons. The SMILES string of the molecule is CN(C)CCCNc1cncc(C(=O)N2CCCCCC2)c1. The fourth-order valence-corrected chi connectivity index (χ4v) is 2.74. The first-order chi connectivity index (χ1) is 10.7. The normalized spacial score (nSPS) is 15.7. The van der Waals surface area contributed by atoms with Crippen molar-refractivity contribution in [1.29, 1.82) is 0 Å². The van der Waals surface area contributed by atoms with Crippen LogP contribution >= 0.6 is 0 Å². The molecular formula is C17H28N4O. The minimum Gasteiger partial charge on any atom is -0.384 e. The average Bonchev–Trinajstić information content (AvgIpc) is 2.80. The molecule has 1 N–H and O–H groups in total. The van der Waals surface area contributed by atoms with Gasteiger partial charge in [0.05, 0.1) is 11.3 Å². The van der Waals surface area contributed by atoms with Crippen LogP contribution in [-0.4, -0.2) is 61.0 Å². The van der Waals surface area contributed by atoms with Gasteiger partial charge in [-0.3, -0.25) is 9.78 Å². The molecule has 5 heteroatoms. The molecule has 0 aromatic carbocycles. The number of pyridine rings is 1. The van der Waals surface area contributed by atoms with Gasteiger partial charge in [-0.1, -0.05) is 12.8 Å². The minimum absolute atomic E-state index is 0.117. The van der Waals surface area contributed by atoms with E-state index in [2.05, 4.69) is 29.3 Å². The Morgan fingerprint density at radius 3 is 2.64 bits per heavy atom. The molecule has 0 radical (unpaired) electrons. The van der Waals surface area contributed by atoms with E-state index in [9.17, 15) is 4.79 Å². The third-order valence-corrected chi connectivity index (χ3v) is 3.99. The van der Waals surface area contributed by atoms with Crippen LogP contribution in [-0.2, 0) is 0 Å². The average molecular weight is 304 g/mol. The van der Waals surface area contributed by atoms with Crippen molar-refractivity contribution in [3.8, 4) is 0 Å². The molecule has 5 nitrogen and oxygen atoms in total. The molecule has 2 heterocycles. The van der Waals surface area contributed by atoms with E-state index in [1.165, 1.54) is 12.8 Å². The second kappa shape index (κ2) is 8.73. The van der Waals surface area contributed by atoms with Gasteiger partial charge in [0.15, 0.2) is 0 Å². The molecule has 1 aromatic heterocycles. The van der Waals surface area contributed by atoms with Crippen molar-refractivity contribution < 1.29 is 4.79 Å². The first-order valence-corrected chi connectivity index (χ1v) is 8.30. The van der Waals surface area contributed by atoms with Crippen LogP contribution in [0.4, 0.5) is 5.69 Å². The minimum atomic E-state index is 0.117. The lowest BCUT2D eigenvalue weighted by Gasteiger charge is -2.20. The Bertz CT molecular complexity index is 467. The summed E-state index contributed by atoms with van der Waals surface area (Å²) in [6, 6.07) is 1.93. The van der Waals surface area contributed by atoms with Gasteiger partial charge in [-0.2, -0.15) is 0 Å². The van der Waals surface area contributed by atoms with Gasteiger partial charge in [-0.15, -0.1) is 0 Å². The van der Waals surface area contributed by atoms with Gasteiger partial charge in [0.2, 0.25) is 0 Å². The number of carbonyl (C=O) groups is 1. The standard InChI is InChI=1S/C17H28N4O/c1-20(2)9-7-8-19-16-12-15(13-18-14-16)17(22)21-10-5-3-4-6-11-21/h12-14,19H,3-11H2,1-2H3. The highest BCUT2D eigenvalue weighted by Crippen LogP contribution is 2.15. The molecule has 0 bridgehead atoms. The summed E-state index contributed by atoms with van der Waals surface area (Å²) in [4.78, 5) is 20.9. The monoisotopic (exact) mass is 304 g/mol. The molecule has 2 rings (SSSR count). The Morgan fingerprint density at radius 2 is 1.95 bits per heavy atom. The van der Waals surface area contributed by atoms with Crippen molar-refractivity contribution in [2.75, 3.05) is 45.6 Å². The molecule has 1 aromatic rings. The second-order valence-corrected chi connectivity index (χ2v) is 6.25. The van der Waals surface area contributed by atoms with E-state index in [1.807, 2.05) is 11.0 Å². The van der Waals surface area contributed by atoms with Crippen LogP contribution in [0.25, 0.3) is 0 Å². The lowest BCUT2D eigenvalue weighted by atomic mass is 10.2. The number of hydrogen-bond donors (Lipinski definition) is 1. The maximum atomic E-state index is 12.6. The number of likely N-dealkylation sites (tertiary alicyclic amines) is 1. The number of nitrogens with one attached hydrogen (secondary N) is 1. The van der Waals surface area contributed by atoms with Crippen molar-refractivity contribution in [1.82, 2.24) is 14.8 Å². The van der Waals surface area contributed by atoms with Crippen molar-refractivity contribution >= 4 is 11.6 Å². The van der Waals surface area contributed by atoms with Gasteiger partial charge < -0.3 is 15.1 Å². The Balaban J connectivity index is 1.90. The third kappa shape index (κ3) is 5.30. The van der Waals surface area contributed by atoms with Crippen LogP contribution in [0.3, 0.4) is 0 Å². The van der Waals surface area contributed by atoms with E-state index in [-0.39, 0.29) is 5.91 Å². The van der Waals surface area contributed by atoms with Gasteiger partial charge in [-0.05, 0) is 46.0 Å². The Morgan fingerprint density at radius 1 is 1.23 bits per heavy atom. The highest BCUT2D eigenvalue weighted by atomic mass is 16.2. The smallest absolute Gasteiger partial charge is 0.255 e. The van der Waals surface area contributed by atoms with Crippen LogP contribution < -0.4 is 5.32 Å². The zero-order valence-corrected chi connectivity index (χ0v) is 13.8. The largest absolute Gasteiger partial charge is 0.384 e. The second-order valence-electron chi connectivity index (χ2n) is 6.25. The molecule has 0 unspecified atom stereocenters. The van der Waals surface area contributed by atoms with Crippen LogP contribution in [0, 0.1) is 0 Å². The highest BCUT2D eigenvalue weighted by Gasteiger charge is 2.17. The number of rotatable bonds is 6. The van der Waals surface area contributed by atoms with Gasteiger partial charge in [0, 0.05) is 32.0 Å². The van der Waals surface area contributed by atoms with Gasteiger partial charge in [0.1, 0.15) is 0 Å². The molecule has 1 saturated heterocycles. The van der Waals surface area contributed by atoms with Crippen molar-refractivity contribution in [2.24, 2.45) is 0 Å². The summed E-state index contributed by atoms with van der Waals surface area (Å²) in [7, 11) is 4.14. The number of carbonyl (C=O) groups excluding carboxylic acids is 1. The number of nitrogens with zero attached hydrogens (tertiary/aromatic N) is 3. The van der Waals surface area contributed by atoms with Crippen molar-refractivity contribution in [3.05, 3.63) is 24.0 Å². The molecule has 0 saturated carbocycles. The van der Waals surface area contributed by atoms with E-state index in [1.54, 1.807) is 12.4 Å². The number of anilines is 1. The lowest BCUT2D eigenvalue weighted by molar-refractivity contribution is 0.0761. The van der Waals surface area contributed by atoms with Crippen LogP contribution in [0.15, 0.2) is 18.5 Å². The molecular weight excluding hydrogens is 276 g/mol. The van der Waals surface area contributed by atoms with E-state index in [4.69, 9.17) is 0 Å². The molecule has 0 aliphatic carbocycles. The van der Waals surface area contributed by atoms with Gasteiger partial charge in [0.25, 0.3) is 5.91 Å². The molecule has 1 fully saturated rings. The Kier molecular flexibility index (Phi) is 6.65. The quantitative estimate of drug-likeness (QED) is 0.820. The van der Waals surface area contributed by atoms with Gasteiger partial charge in [-0.25, -0.2) is 0 Å². The molecule has 0 atom stereocenters. The van der Waals surface area contributed by atoms with Crippen molar-refractivity contribution in [2.45, 2.75) is 32.1 Å². The zero-order valence-electron chi connectivity index (χ0n) is 13.8. The first kappa shape index (κ1) is 16.7. The van der Waals surface area contributed by atoms with Crippen LogP contribution in [0.1, 0.15) is 42.5 Å². The zero-order chi connectivity index (χ0) is 15.8. The maximum absolute atomic E-state index is 12.6. The molecule has 1 aliphatic rings. The summed E-state index contributed by atoms with van der Waals surface area (Å²) in [5, 5.41) is 3.35. The summed E-state index contributed by atoms with van der Waals surface area (Å²) >= 11 is 0. The Hall–Kier alpha value is -1.62. The first-order valence-electron chi connectivity index (χ1n) is 8.30. The van der Waals surface area contributed by atoms with E-state index >= 15 is 0 Å². The number of hydrogen-bond acceptors (Lipinski definition) is 4. The number of aromatic nitrogens is 1. The van der Waals surface area contributed by atoms with Crippen molar-refractivity contribution in [3.63, 3.8) is 0 Å². The predicted molar refractivity (Wildman–Crippen MR) is 90.3 cm³/mol. The summed E-state index contributed by atoms with van der Waals surface area (Å²) in [6.45, 7) is 3.69. The summed E-state index contributed by atoms with van der Waals surface area (Å²) in [5.74, 6) is 0.117. The van der Waals surface area contributed by atoms with E-state index in [0.29, 0.717) is 5.56 Å². The summed E-state index contributed by atoms with van der Waals surface area (Å²) < 4.78 is 0. The molecule has 1 aliphatic heterocycles. The molecule has 1 amide bonds. The van der Waals surface area contributed by atoms with Gasteiger partial charge >= 0.3 is 0 Å². The fraction of sp³-hybridized carbons (Fsp3) is 0.647. The number of amides is 1. The Labute approximate surface area is 133 Å². The summed E-state index contributed by atoms with van der Waals surface area (Å²) in [6.07, 6.45) is 9.22. The van der Waals surface area contributed by atoms with E-state index in [0.717, 1.165) is 51.1 Å². The van der Waals surface area contributed by atoms with E-state index < -0.39 is 0 Å². The molecule has 0 spiro atoms. The summed E-state index contributed by atoms with van der Waals surface area (Å²) in [5.41, 5.74) is 1.62. The maximum Gasteiger partial charge on any atom is 0.255 e. The topological polar surface area (TPSA) is 48.5 Å². The highest BCUT2D eigenvalue weighted by molar-refractivity contribution is 5.94.